The van der Waals surface area contributed by atoms with Gasteiger partial charge in [-0.25, -0.2) is 18.9 Å². The van der Waals surface area contributed by atoms with E-state index in [-0.39, 0.29) is 5.91 Å². The largest absolute Gasteiger partial charge is 0.554 e. The maximum absolute atomic E-state index is 12.8. The number of methoxy groups -OCH3 is 1. The van der Waals surface area contributed by atoms with E-state index in [2.05, 4.69) is 19.9 Å². The van der Waals surface area contributed by atoms with Gasteiger partial charge < -0.3 is 20.0 Å². The smallest absolute Gasteiger partial charge is 0.286 e. The molecule has 10 heteroatoms. The third kappa shape index (κ3) is 4.29. The SMILES string of the molecule is COc1ncccc1-c1cnc2cc(C(=O)NCc3c[n+]4ccccc4n3C)ccn12.O=C[O-]. The molecule has 0 atom stereocenters. The number of hydrogen-bond acceptors (Lipinski definition) is 6. The highest BCUT2D eigenvalue weighted by Gasteiger charge is 2.16. The molecule has 0 aliphatic rings. The summed E-state index contributed by atoms with van der Waals surface area (Å²) >= 11 is 0. The second kappa shape index (κ2) is 9.82. The summed E-state index contributed by atoms with van der Waals surface area (Å²) in [6.45, 7) is -0.0746. The highest BCUT2D eigenvalue weighted by atomic mass is 16.5. The van der Waals surface area contributed by atoms with Gasteiger partial charge in [-0.15, -0.1) is 0 Å². The molecule has 0 bridgehead atoms. The van der Waals surface area contributed by atoms with Gasteiger partial charge in [-0.2, -0.15) is 0 Å². The molecule has 5 heterocycles. The quantitative estimate of drug-likeness (QED) is 0.307. The van der Waals surface area contributed by atoms with Crippen LogP contribution in [-0.2, 0) is 18.4 Å². The molecule has 0 unspecified atom stereocenters. The molecule has 0 fully saturated rings. The van der Waals surface area contributed by atoms with Gasteiger partial charge in [0.2, 0.25) is 5.88 Å². The highest BCUT2D eigenvalue weighted by molar-refractivity contribution is 5.95. The van der Waals surface area contributed by atoms with Crippen molar-refractivity contribution in [3.8, 4) is 17.1 Å². The molecule has 0 spiro atoms. The Kier molecular flexibility index (Phi) is 6.49. The van der Waals surface area contributed by atoms with Gasteiger partial charge >= 0.3 is 0 Å². The van der Waals surface area contributed by atoms with Crippen LogP contribution in [0.3, 0.4) is 0 Å². The Labute approximate surface area is 194 Å². The summed E-state index contributed by atoms with van der Waals surface area (Å²) in [5.74, 6) is 0.375. The minimum absolute atomic E-state index is 0.152. The van der Waals surface area contributed by atoms with Gasteiger partial charge in [0.25, 0.3) is 11.6 Å². The molecule has 5 rings (SSSR count). The Hall–Kier alpha value is -4.73. The van der Waals surface area contributed by atoms with Gasteiger partial charge in [0.15, 0.2) is 5.69 Å². The van der Waals surface area contributed by atoms with E-state index >= 15 is 0 Å². The summed E-state index contributed by atoms with van der Waals surface area (Å²) in [5.41, 5.74) is 4.97. The van der Waals surface area contributed by atoms with Gasteiger partial charge in [0.05, 0.1) is 44.4 Å². The van der Waals surface area contributed by atoms with Crippen LogP contribution in [-0.4, -0.2) is 38.4 Å². The fourth-order valence-corrected chi connectivity index (χ4v) is 3.74. The molecule has 1 N–H and O–H groups in total. The van der Waals surface area contributed by atoms with Crippen LogP contribution in [0.5, 0.6) is 5.88 Å². The Morgan fingerprint density at radius 2 is 2.06 bits per heavy atom. The van der Waals surface area contributed by atoms with Crippen LogP contribution in [0.25, 0.3) is 22.6 Å². The first-order valence-electron chi connectivity index (χ1n) is 10.3. The molecule has 5 aromatic heterocycles. The number of ether oxygens (including phenoxy) is 1. The van der Waals surface area contributed by atoms with Crippen molar-refractivity contribution in [3.63, 3.8) is 0 Å². The van der Waals surface area contributed by atoms with Crippen LogP contribution in [0.1, 0.15) is 16.1 Å². The van der Waals surface area contributed by atoms with E-state index in [1.807, 2.05) is 64.8 Å². The highest BCUT2D eigenvalue weighted by Crippen LogP contribution is 2.28. The maximum atomic E-state index is 12.8. The fraction of sp³-hybridized carbons (Fsp3) is 0.125. The van der Waals surface area contributed by atoms with Crippen molar-refractivity contribution in [2.45, 2.75) is 6.54 Å². The second-order valence-corrected chi connectivity index (χ2v) is 7.27. The molecule has 5 aromatic rings. The van der Waals surface area contributed by atoms with E-state index < -0.39 is 6.47 Å². The van der Waals surface area contributed by atoms with E-state index in [1.54, 1.807) is 31.6 Å². The van der Waals surface area contributed by atoms with Crippen molar-refractivity contribution >= 4 is 23.7 Å². The number of aryl methyl sites for hydroxylation is 1. The lowest BCUT2D eigenvalue weighted by atomic mass is 10.2. The predicted molar refractivity (Wildman–Crippen MR) is 121 cm³/mol. The molecular formula is C24H22N6O4. The number of carbonyl (C=O) groups is 2. The fourth-order valence-electron chi connectivity index (χ4n) is 3.74. The van der Waals surface area contributed by atoms with Crippen LogP contribution >= 0.6 is 0 Å². The molecule has 0 aromatic carbocycles. The number of amides is 1. The molecule has 0 saturated carbocycles. The standard InChI is InChI=1S/C23H20N6O2.CH2O2/c1-27-17(15-28-10-4-3-7-21(27)28)13-26-22(30)16-8-11-29-19(14-25-20(29)12-16)18-6-5-9-24-23(18)31-2;2-1-3/h3-12,14-15H,13H2,1-2H3;1H,(H,2,3). The zero-order valence-electron chi connectivity index (χ0n) is 18.6. The Morgan fingerprint density at radius 1 is 1.24 bits per heavy atom. The number of nitrogens with zero attached hydrogens (tertiary/aromatic N) is 5. The number of hydrogen-bond donors (Lipinski definition) is 1. The number of rotatable bonds is 5. The lowest BCUT2D eigenvalue weighted by Gasteiger charge is -2.08. The molecular weight excluding hydrogens is 436 g/mol. The van der Waals surface area contributed by atoms with Crippen molar-refractivity contribution in [2.24, 2.45) is 7.05 Å². The Bertz CT molecular complexity index is 1470. The Balaban J connectivity index is 0.000000868. The minimum Gasteiger partial charge on any atom is -0.554 e. The molecule has 0 saturated heterocycles. The van der Waals surface area contributed by atoms with Crippen LogP contribution in [0.4, 0.5) is 0 Å². The minimum atomic E-state index is -0.500. The molecule has 172 valence electrons. The first-order valence-corrected chi connectivity index (χ1v) is 10.3. The van der Waals surface area contributed by atoms with E-state index in [9.17, 15) is 4.79 Å². The average Bonchev–Trinajstić information content (AvgIpc) is 3.43. The van der Waals surface area contributed by atoms with Crippen LogP contribution in [0.2, 0.25) is 0 Å². The summed E-state index contributed by atoms with van der Waals surface area (Å²) in [5, 5.41) is 11.2. The van der Waals surface area contributed by atoms with E-state index in [0.29, 0.717) is 23.6 Å². The zero-order valence-corrected chi connectivity index (χ0v) is 18.6. The van der Waals surface area contributed by atoms with E-state index in [4.69, 9.17) is 14.6 Å². The predicted octanol–water partition coefficient (Wildman–Crippen LogP) is 0.778. The van der Waals surface area contributed by atoms with Gasteiger partial charge in [-0.3, -0.25) is 9.20 Å². The van der Waals surface area contributed by atoms with Crippen molar-refractivity contribution in [1.82, 2.24) is 24.3 Å². The lowest BCUT2D eigenvalue weighted by Crippen LogP contribution is -2.24. The van der Waals surface area contributed by atoms with E-state index in [0.717, 1.165) is 22.6 Å². The molecule has 34 heavy (non-hydrogen) atoms. The summed E-state index contributed by atoms with van der Waals surface area (Å²) in [6, 6.07) is 13.3. The maximum Gasteiger partial charge on any atom is 0.286 e. The number of pyridine rings is 3. The van der Waals surface area contributed by atoms with Crippen molar-refractivity contribution in [1.29, 1.82) is 0 Å². The Morgan fingerprint density at radius 3 is 2.82 bits per heavy atom. The first kappa shape index (κ1) is 22.5. The number of imidazole rings is 2. The van der Waals surface area contributed by atoms with Crippen molar-refractivity contribution in [2.75, 3.05) is 7.11 Å². The zero-order chi connectivity index (χ0) is 24.1. The summed E-state index contributed by atoms with van der Waals surface area (Å²) in [7, 11) is 3.58. The van der Waals surface area contributed by atoms with Crippen molar-refractivity contribution < 1.29 is 23.8 Å². The number of nitrogens with one attached hydrogen (secondary N) is 1. The molecule has 1 amide bonds. The number of fused-ring (bicyclic) bond motifs is 2. The van der Waals surface area contributed by atoms with Crippen LogP contribution in [0.15, 0.2) is 73.4 Å². The van der Waals surface area contributed by atoms with Gasteiger partial charge in [-0.05, 0) is 30.3 Å². The molecule has 10 nitrogen and oxygen atoms in total. The third-order valence-corrected chi connectivity index (χ3v) is 5.38. The molecule has 0 aliphatic carbocycles. The third-order valence-electron chi connectivity index (χ3n) is 5.38. The average molecular weight is 458 g/mol. The topological polar surface area (TPSA) is 118 Å². The summed E-state index contributed by atoms with van der Waals surface area (Å²) < 4.78 is 11.4. The first-order chi connectivity index (χ1) is 16.6. The van der Waals surface area contributed by atoms with E-state index in [1.165, 1.54) is 0 Å². The number of carboxylic acid groups (broad SMARTS) is 1. The van der Waals surface area contributed by atoms with Crippen LogP contribution in [0, 0.1) is 0 Å². The molecule has 0 radical (unpaired) electrons. The normalized spacial score (nSPS) is 10.5. The second-order valence-electron chi connectivity index (χ2n) is 7.27. The van der Waals surface area contributed by atoms with Crippen LogP contribution < -0.4 is 19.6 Å². The van der Waals surface area contributed by atoms with Gasteiger partial charge in [0, 0.05) is 30.5 Å². The van der Waals surface area contributed by atoms with Gasteiger partial charge in [0.1, 0.15) is 11.8 Å². The number of aromatic nitrogens is 5. The summed E-state index contributed by atoms with van der Waals surface area (Å²) in [4.78, 5) is 29.7. The summed E-state index contributed by atoms with van der Waals surface area (Å²) in [6.07, 6.45) is 9.28. The lowest BCUT2D eigenvalue weighted by molar-refractivity contribution is -0.510. The number of carbonyl (C=O) groups excluding carboxylic acids is 2. The monoisotopic (exact) mass is 458 g/mol. The van der Waals surface area contributed by atoms with Crippen molar-refractivity contribution in [3.05, 3.63) is 84.7 Å². The molecule has 0 aliphatic heterocycles. The van der Waals surface area contributed by atoms with Gasteiger partial charge in [-0.1, -0.05) is 6.07 Å².